The number of H-pyrrole nitrogens is 1. The second-order valence-corrected chi connectivity index (χ2v) is 4.51. The Labute approximate surface area is 106 Å². The average Bonchev–Trinajstić information content (AvgIpc) is 2.87. The van der Waals surface area contributed by atoms with E-state index >= 15 is 0 Å². The normalized spacial score (nSPS) is 14.2. The molecule has 0 bridgehead atoms. The molecule has 0 fully saturated rings. The fraction of sp³-hybridized carbons (Fsp3) is 0.583. The van der Waals surface area contributed by atoms with Crippen molar-refractivity contribution in [1.82, 2.24) is 15.4 Å². The molecule has 0 aromatic carbocycles. The minimum absolute atomic E-state index is 0.215. The Hall–Kier alpha value is -1.53. The number of imidazole rings is 1. The highest BCUT2D eigenvalue weighted by Crippen LogP contribution is 2.09. The van der Waals surface area contributed by atoms with Crippen molar-refractivity contribution in [3.63, 3.8) is 0 Å². The molecule has 1 heterocycles. The van der Waals surface area contributed by atoms with Gasteiger partial charge in [-0.25, -0.2) is 10.4 Å². The second kappa shape index (κ2) is 7.03. The summed E-state index contributed by atoms with van der Waals surface area (Å²) in [5.74, 6) is 4.71. The van der Waals surface area contributed by atoms with Crippen LogP contribution in [0, 0.1) is 5.92 Å². The van der Waals surface area contributed by atoms with Crippen molar-refractivity contribution in [2.45, 2.75) is 39.2 Å². The molecule has 1 unspecified atom stereocenters. The molecule has 0 aliphatic rings. The zero-order chi connectivity index (χ0) is 13.5. The molecule has 4 N–H and O–H groups in total. The molecule has 2 atom stereocenters. The summed E-state index contributed by atoms with van der Waals surface area (Å²) >= 11 is 0. The third-order valence-electron chi connectivity index (χ3n) is 3.00. The second-order valence-electron chi connectivity index (χ2n) is 4.51. The maximum Gasteiger partial charge on any atom is 0.216 e. The van der Waals surface area contributed by atoms with E-state index in [0.717, 1.165) is 12.1 Å². The SMILES string of the molecule is CCC(C)CC(=O)C(=O)[C@H](Cc1cnc[nH]1)NN. The number of hydrazine groups is 1. The van der Waals surface area contributed by atoms with Crippen molar-refractivity contribution in [2.24, 2.45) is 11.8 Å². The number of hydrogen-bond acceptors (Lipinski definition) is 5. The molecule has 1 rings (SSSR count). The molecule has 6 nitrogen and oxygen atoms in total. The zero-order valence-corrected chi connectivity index (χ0v) is 10.8. The van der Waals surface area contributed by atoms with Crippen LogP contribution in [0.15, 0.2) is 12.5 Å². The van der Waals surface area contributed by atoms with E-state index in [1.165, 1.54) is 6.33 Å². The summed E-state index contributed by atoms with van der Waals surface area (Å²) in [7, 11) is 0. The Morgan fingerprint density at radius 1 is 1.56 bits per heavy atom. The number of Topliss-reactive ketones (excluding diaryl/α,β-unsaturated/α-hetero) is 2. The minimum Gasteiger partial charge on any atom is -0.348 e. The van der Waals surface area contributed by atoms with Crippen LogP contribution in [0.1, 0.15) is 32.4 Å². The molecular weight excluding hydrogens is 232 g/mol. The number of ketones is 2. The maximum atomic E-state index is 11.9. The van der Waals surface area contributed by atoms with Crippen LogP contribution >= 0.6 is 0 Å². The Morgan fingerprint density at radius 2 is 2.28 bits per heavy atom. The number of rotatable bonds is 8. The fourth-order valence-electron chi connectivity index (χ4n) is 1.60. The molecule has 0 saturated carbocycles. The van der Waals surface area contributed by atoms with Crippen LogP contribution in [0.3, 0.4) is 0 Å². The summed E-state index contributed by atoms with van der Waals surface area (Å²) in [5.41, 5.74) is 3.16. The summed E-state index contributed by atoms with van der Waals surface area (Å²) < 4.78 is 0. The van der Waals surface area contributed by atoms with E-state index in [4.69, 9.17) is 5.84 Å². The van der Waals surface area contributed by atoms with Crippen LogP contribution in [0.4, 0.5) is 0 Å². The third-order valence-corrected chi connectivity index (χ3v) is 3.00. The van der Waals surface area contributed by atoms with Gasteiger partial charge in [-0.2, -0.15) is 0 Å². The van der Waals surface area contributed by atoms with Gasteiger partial charge in [-0.15, -0.1) is 0 Å². The third kappa shape index (κ3) is 4.05. The molecule has 0 saturated heterocycles. The van der Waals surface area contributed by atoms with Gasteiger partial charge in [-0.1, -0.05) is 20.3 Å². The molecular formula is C12H20N4O2. The van der Waals surface area contributed by atoms with Crippen molar-refractivity contribution >= 4 is 11.6 Å². The van der Waals surface area contributed by atoms with Crippen LogP contribution in [0.25, 0.3) is 0 Å². The van der Waals surface area contributed by atoms with Gasteiger partial charge in [0.25, 0.3) is 0 Å². The van der Waals surface area contributed by atoms with Gasteiger partial charge in [0.2, 0.25) is 5.78 Å². The van der Waals surface area contributed by atoms with Crippen LogP contribution in [-0.4, -0.2) is 27.6 Å². The number of aromatic nitrogens is 2. The van der Waals surface area contributed by atoms with E-state index in [0.29, 0.717) is 6.42 Å². The zero-order valence-electron chi connectivity index (χ0n) is 10.8. The molecule has 100 valence electrons. The lowest BCUT2D eigenvalue weighted by atomic mass is 9.96. The highest BCUT2D eigenvalue weighted by molar-refractivity contribution is 6.39. The van der Waals surface area contributed by atoms with Gasteiger partial charge in [0, 0.05) is 24.7 Å². The highest BCUT2D eigenvalue weighted by atomic mass is 16.2. The summed E-state index contributed by atoms with van der Waals surface area (Å²) in [5, 5.41) is 0. The first-order chi connectivity index (χ1) is 8.58. The average molecular weight is 252 g/mol. The molecule has 1 aromatic heterocycles. The van der Waals surface area contributed by atoms with Gasteiger partial charge in [0.1, 0.15) is 0 Å². The van der Waals surface area contributed by atoms with Gasteiger partial charge < -0.3 is 4.98 Å². The lowest BCUT2D eigenvalue weighted by Crippen LogP contribution is -2.46. The van der Waals surface area contributed by atoms with Crippen molar-refractivity contribution < 1.29 is 9.59 Å². The first kappa shape index (κ1) is 14.5. The van der Waals surface area contributed by atoms with Gasteiger partial charge >= 0.3 is 0 Å². The van der Waals surface area contributed by atoms with Gasteiger partial charge in [0.05, 0.1) is 12.4 Å². The van der Waals surface area contributed by atoms with Crippen LogP contribution < -0.4 is 11.3 Å². The number of nitrogens with two attached hydrogens (primary N) is 1. The lowest BCUT2D eigenvalue weighted by Gasteiger charge is -2.14. The van der Waals surface area contributed by atoms with Crippen molar-refractivity contribution in [3.05, 3.63) is 18.2 Å². The standard InChI is InChI=1S/C12H20N4O2/c1-3-8(2)4-11(17)12(18)10(16-13)5-9-6-14-7-15-9/h6-8,10,16H,3-5,13H2,1-2H3,(H,14,15)/t8?,10-/m0/s1. The Morgan fingerprint density at radius 3 is 2.78 bits per heavy atom. The van der Waals surface area contributed by atoms with Crippen LogP contribution in [0.5, 0.6) is 0 Å². The smallest absolute Gasteiger partial charge is 0.216 e. The monoisotopic (exact) mass is 252 g/mol. The number of hydrogen-bond donors (Lipinski definition) is 3. The summed E-state index contributed by atoms with van der Waals surface area (Å²) in [4.78, 5) is 30.4. The summed E-state index contributed by atoms with van der Waals surface area (Å²) in [6.07, 6.45) is 4.61. The van der Waals surface area contributed by atoms with E-state index < -0.39 is 11.8 Å². The highest BCUT2D eigenvalue weighted by Gasteiger charge is 2.25. The van der Waals surface area contributed by atoms with E-state index in [-0.39, 0.29) is 18.1 Å². The number of carbonyl (C=O) groups is 2. The van der Waals surface area contributed by atoms with Crippen LogP contribution in [-0.2, 0) is 16.0 Å². The number of nitrogens with zero attached hydrogens (tertiary/aromatic N) is 1. The Kier molecular flexibility index (Phi) is 5.67. The van der Waals surface area contributed by atoms with Crippen molar-refractivity contribution in [2.75, 3.05) is 0 Å². The number of carbonyl (C=O) groups excluding carboxylic acids is 2. The molecule has 0 aliphatic heterocycles. The Bertz CT molecular complexity index is 389. The Balaban J connectivity index is 2.59. The molecule has 18 heavy (non-hydrogen) atoms. The molecule has 1 aromatic rings. The molecule has 0 amide bonds. The van der Waals surface area contributed by atoms with Crippen molar-refractivity contribution in [3.8, 4) is 0 Å². The largest absolute Gasteiger partial charge is 0.348 e. The van der Waals surface area contributed by atoms with Crippen LogP contribution in [0.2, 0.25) is 0 Å². The maximum absolute atomic E-state index is 11.9. The van der Waals surface area contributed by atoms with Crippen molar-refractivity contribution in [1.29, 1.82) is 0 Å². The molecule has 6 heteroatoms. The van der Waals surface area contributed by atoms with E-state index in [1.807, 2.05) is 13.8 Å². The topological polar surface area (TPSA) is 101 Å². The molecule has 0 spiro atoms. The van der Waals surface area contributed by atoms with Gasteiger partial charge in [-0.3, -0.25) is 15.4 Å². The van der Waals surface area contributed by atoms with Gasteiger partial charge in [-0.05, 0) is 5.92 Å². The fourth-order valence-corrected chi connectivity index (χ4v) is 1.60. The molecule has 0 radical (unpaired) electrons. The first-order valence-corrected chi connectivity index (χ1v) is 6.08. The first-order valence-electron chi connectivity index (χ1n) is 6.08. The predicted octanol–water partition coefficient (Wildman–Crippen LogP) is 0.359. The van der Waals surface area contributed by atoms with E-state index in [2.05, 4.69) is 15.4 Å². The minimum atomic E-state index is -0.693. The quantitative estimate of drug-likeness (QED) is 0.352. The van der Waals surface area contributed by atoms with E-state index in [1.54, 1.807) is 6.20 Å². The van der Waals surface area contributed by atoms with E-state index in [9.17, 15) is 9.59 Å². The summed E-state index contributed by atoms with van der Waals surface area (Å²) in [6, 6.07) is -0.693. The van der Waals surface area contributed by atoms with Gasteiger partial charge in [0.15, 0.2) is 5.78 Å². The lowest BCUT2D eigenvalue weighted by molar-refractivity contribution is -0.138. The molecule has 0 aliphatic carbocycles. The summed E-state index contributed by atoms with van der Waals surface area (Å²) in [6.45, 7) is 3.94. The predicted molar refractivity (Wildman–Crippen MR) is 67.5 cm³/mol. The number of nitrogens with one attached hydrogen (secondary N) is 2. The number of aromatic amines is 1.